The zero-order valence-corrected chi connectivity index (χ0v) is 17.8. The number of halogens is 1. The van der Waals surface area contributed by atoms with Crippen molar-refractivity contribution in [3.05, 3.63) is 105 Å². The highest BCUT2D eigenvalue weighted by atomic mass is 32.1. The minimum Gasteiger partial charge on any atom is -0.303 e. The van der Waals surface area contributed by atoms with Crippen LogP contribution in [0.5, 0.6) is 0 Å². The molecule has 7 nitrogen and oxygen atoms in total. The van der Waals surface area contributed by atoms with Crippen molar-refractivity contribution in [3.8, 4) is 11.4 Å². The molecular formula is C24H14FN5O2S. The Hall–Kier alpha value is -4.24. The van der Waals surface area contributed by atoms with E-state index in [0.717, 1.165) is 11.3 Å². The molecule has 1 amide bonds. The highest BCUT2D eigenvalue weighted by molar-refractivity contribution is 7.15. The molecule has 0 spiro atoms. The molecule has 9 heteroatoms. The van der Waals surface area contributed by atoms with Gasteiger partial charge >= 0.3 is 0 Å². The zero-order valence-electron chi connectivity index (χ0n) is 17.0. The van der Waals surface area contributed by atoms with Crippen LogP contribution in [0.1, 0.15) is 11.1 Å². The van der Waals surface area contributed by atoms with Crippen LogP contribution in [0, 0.1) is 5.82 Å². The molecule has 0 N–H and O–H groups in total. The Morgan fingerprint density at radius 2 is 1.79 bits per heavy atom. The lowest BCUT2D eigenvalue weighted by atomic mass is 10.1. The van der Waals surface area contributed by atoms with Crippen LogP contribution in [0.3, 0.4) is 0 Å². The van der Waals surface area contributed by atoms with Crippen molar-refractivity contribution in [2.24, 2.45) is 0 Å². The molecule has 0 aliphatic carbocycles. The number of benzene rings is 2. The molecule has 0 saturated carbocycles. The SMILES string of the molecule is O=C1/C(=c2\sc3nc(-c4cccnc4)nn3c2=O)c2ccccc2N1Cc1ccccc1F. The van der Waals surface area contributed by atoms with Crippen molar-refractivity contribution in [3.63, 3.8) is 0 Å². The van der Waals surface area contributed by atoms with Gasteiger partial charge in [-0.15, -0.1) is 5.10 Å². The fourth-order valence-electron chi connectivity index (χ4n) is 3.96. The molecule has 0 fully saturated rings. The number of anilines is 1. The summed E-state index contributed by atoms with van der Waals surface area (Å²) in [6.45, 7) is 0.0616. The van der Waals surface area contributed by atoms with Crippen molar-refractivity contribution < 1.29 is 9.18 Å². The fourth-order valence-corrected chi connectivity index (χ4v) is 4.95. The van der Waals surface area contributed by atoms with Crippen LogP contribution in [0.25, 0.3) is 21.9 Å². The smallest absolute Gasteiger partial charge is 0.291 e. The quantitative estimate of drug-likeness (QED) is 0.418. The molecule has 160 valence electrons. The van der Waals surface area contributed by atoms with Crippen LogP contribution >= 0.6 is 11.3 Å². The first-order chi connectivity index (χ1) is 16.1. The molecule has 33 heavy (non-hydrogen) atoms. The first kappa shape index (κ1) is 19.4. The monoisotopic (exact) mass is 455 g/mol. The average Bonchev–Trinajstić information content (AvgIpc) is 3.47. The number of carbonyl (C=O) groups is 1. The normalized spacial score (nSPS) is 14.8. The van der Waals surface area contributed by atoms with Crippen LogP contribution < -0.4 is 15.0 Å². The van der Waals surface area contributed by atoms with Gasteiger partial charge in [-0.2, -0.15) is 9.50 Å². The summed E-state index contributed by atoms with van der Waals surface area (Å²) in [7, 11) is 0. The van der Waals surface area contributed by atoms with Gasteiger partial charge in [0.2, 0.25) is 4.96 Å². The second-order valence-electron chi connectivity index (χ2n) is 7.48. The largest absolute Gasteiger partial charge is 0.303 e. The van der Waals surface area contributed by atoms with Gasteiger partial charge in [-0.1, -0.05) is 47.7 Å². The number of thiazole rings is 1. The van der Waals surface area contributed by atoms with Crippen molar-refractivity contribution in [2.75, 3.05) is 4.90 Å². The van der Waals surface area contributed by atoms with E-state index in [9.17, 15) is 14.0 Å². The van der Waals surface area contributed by atoms with Gasteiger partial charge in [0.05, 0.1) is 17.8 Å². The van der Waals surface area contributed by atoms with Crippen molar-refractivity contribution in [1.82, 2.24) is 19.6 Å². The third kappa shape index (κ3) is 3.05. The van der Waals surface area contributed by atoms with E-state index in [-0.39, 0.29) is 28.4 Å². The molecule has 1 aliphatic rings. The van der Waals surface area contributed by atoms with Crippen molar-refractivity contribution >= 4 is 33.5 Å². The molecule has 0 atom stereocenters. The maximum absolute atomic E-state index is 14.3. The van der Waals surface area contributed by atoms with Gasteiger partial charge in [0, 0.05) is 29.1 Å². The Bertz CT molecular complexity index is 1660. The topological polar surface area (TPSA) is 80.5 Å². The number of carbonyl (C=O) groups excluding carboxylic acids is 1. The molecule has 3 aromatic heterocycles. The molecule has 0 unspecified atom stereocenters. The number of rotatable bonds is 3. The molecule has 6 rings (SSSR count). The molecule has 0 saturated heterocycles. The maximum Gasteiger partial charge on any atom is 0.291 e. The van der Waals surface area contributed by atoms with E-state index >= 15 is 0 Å². The summed E-state index contributed by atoms with van der Waals surface area (Å²) < 4.78 is 15.8. The lowest BCUT2D eigenvalue weighted by Gasteiger charge is -2.17. The molecule has 5 aromatic rings. The number of nitrogens with zero attached hydrogens (tertiary/aromatic N) is 5. The first-order valence-corrected chi connectivity index (χ1v) is 10.9. The molecule has 2 aromatic carbocycles. The van der Waals surface area contributed by atoms with Crippen LogP contribution in [0.4, 0.5) is 10.1 Å². The van der Waals surface area contributed by atoms with Gasteiger partial charge in [-0.25, -0.2) is 4.39 Å². The Kier molecular flexibility index (Phi) is 4.37. The van der Waals surface area contributed by atoms with Gasteiger partial charge in [-0.3, -0.25) is 14.6 Å². The number of amides is 1. The number of fused-ring (bicyclic) bond motifs is 2. The molecule has 1 aliphatic heterocycles. The summed E-state index contributed by atoms with van der Waals surface area (Å²) in [5.41, 5.74) is 2.23. The first-order valence-electron chi connectivity index (χ1n) is 10.1. The van der Waals surface area contributed by atoms with Crippen LogP contribution in [0.15, 0.2) is 77.9 Å². The maximum atomic E-state index is 14.3. The molecule has 0 bridgehead atoms. The van der Waals surface area contributed by atoms with E-state index in [2.05, 4.69) is 15.1 Å². The van der Waals surface area contributed by atoms with Crippen LogP contribution in [-0.2, 0) is 11.3 Å². The summed E-state index contributed by atoms with van der Waals surface area (Å²) in [4.78, 5) is 37.1. The Morgan fingerprint density at radius 3 is 2.58 bits per heavy atom. The third-order valence-electron chi connectivity index (χ3n) is 5.51. The Labute approximate surface area is 190 Å². The number of hydrogen-bond acceptors (Lipinski definition) is 6. The minimum absolute atomic E-state index is 0.0616. The Morgan fingerprint density at radius 1 is 0.970 bits per heavy atom. The van der Waals surface area contributed by atoms with Gasteiger partial charge in [0.15, 0.2) is 5.82 Å². The molecule has 0 radical (unpaired) electrons. The van der Waals surface area contributed by atoms with E-state index in [1.807, 2.05) is 12.1 Å². The summed E-state index contributed by atoms with van der Waals surface area (Å²) in [5, 5.41) is 4.33. The van der Waals surface area contributed by atoms with E-state index in [0.29, 0.717) is 33.2 Å². The highest BCUT2D eigenvalue weighted by Gasteiger charge is 2.34. The third-order valence-corrected chi connectivity index (χ3v) is 6.54. The second kappa shape index (κ2) is 7.42. The standard InChI is InChI=1S/C24H14FN5O2S/c25-17-9-3-1-6-15(17)13-29-18-10-4-2-8-16(18)19(22(29)31)20-23(32)30-24(33-20)27-21(28-30)14-7-5-11-26-12-14/h1-12H,13H2/b20-19-. The van der Waals surface area contributed by atoms with Gasteiger partial charge in [-0.05, 0) is 24.3 Å². The van der Waals surface area contributed by atoms with Gasteiger partial charge < -0.3 is 4.90 Å². The number of hydrogen-bond donors (Lipinski definition) is 0. The van der Waals surface area contributed by atoms with E-state index < -0.39 is 5.56 Å². The zero-order chi connectivity index (χ0) is 22.5. The number of aromatic nitrogens is 4. The predicted octanol–water partition coefficient (Wildman–Crippen LogP) is 2.82. The Balaban J connectivity index is 1.51. The summed E-state index contributed by atoms with van der Waals surface area (Å²) in [6.07, 6.45) is 3.27. The average molecular weight is 455 g/mol. The van der Waals surface area contributed by atoms with E-state index in [1.54, 1.807) is 54.9 Å². The lowest BCUT2D eigenvalue weighted by Crippen LogP contribution is -2.32. The summed E-state index contributed by atoms with van der Waals surface area (Å²) in [5.74, 6) is -0.349. The molecular weight excluding hydrogens is 441 g/mol. The second-order valence-corrected chi connectivity index (χ2v) is 8.46. The fraction of sp³-hybridized carbons (Fsp3) is 0.0417. The summed E-state index contributed by atoms with van der Waals surface area (Å²) in [6, 6.07) is 17.1. The number of para-hydroxylation sites is 1. The minimum atomic E-state index is -0.413. The van der Waals surface area contributed by atoms with Crippen molar-refractivity contribution in [1.29, 1.82) is 0 Å². The van der Waals surface area contributed by atoms with Gasteiger partial charge in [0.1, 0.15) is 10.3 Å². The highest BCUT2D eigenvalue weighted by Crippen LogP contribution is 2.36. The van der Waals surface area contributed by atoms with Crippen LogP contribution in [-0.4, -0.2) is 25.5 Å². The lowest BCUT2D eigenvalue weighted by molar-refractivity contribution is -0.113. The number of pyridine rings is 1. The summed E-state index contributed by atoms with van der Waals surface area (Å²) >= 11 is 1.11. The molecule has 4 heterocycles. The van der Waals surface area contributed by atoms with Crippen molar-refractivity contribution in [2.45, 2.75) is 6.54 Å². The van der Waals surface area contributed by atoms with E-state index in [4.69, 9.17) is 0 Å². The van der Waals surface area contributed by atoms with Crippen LogP contribution in [0.2, 0.25) is 0 Å². The van der Waals surface area contributed by atoms with Gasteiger partial charge in [0.25, 0.3) is 11.5 Å². The predicted molar refractivity (Wildman–Crippen MR) is 122 cm³/mol. The van der Waals surface area contributed by atoms with E-state index in [1.165, 1.54) is 15.5 Å².